The summed E-state index contributed by atoms with van der Waals surface area (Å²) in [7, 11) is 0. The summed E-state index contributed by atoms with van der Waals surface area (Å²) in [6.07, 6.45) is 4.89. The smallest absolute Gasteiger partial charge is 0.337 e. The molecule has 0 radical (unpaired) electrons. The number of hydrogen-bond donors (Lipinski definition) is 2. The van der Waals surface area contributed by atoms with Crippen LogP contribution in [0.5, 0.6) is 0 Å². The average Bonchev–Trinajstić information content (AvgIpc) is 2.85. The van der Waals surface area contributed by atoms with Crippen LogP contribution in [0.2, 0.25) is 0 Å². The van der Waals surface area contributed by atoms with Gasteiger partial charge in [0, 0.05) is 16.8 Å². The maximum absolute atomic E-state index is 11.3. The molecule has 2 N–H and O–H groups in total. The van der Waals surface area contributed by atoms with Crippen molar-refractivity contribution in [2.75, 3.05) is 0 Å². The molecule has 1 aliphatic carbocycles. The quantitative estimate of drug-likeness (QED) is 0.821. The monoisotopic (exact) mass is 235 g/mol. The highest BCUT2D eigenvalue weighted by Crippen LogP contribution is 2.36. The van der Waals surface area contributed by atoms with Gasteiger partial charge in [0.15, 0.2) is 0 Å². The van der Waals surface area contributed by atoms with Crippen LogP contribution in [-0.2, 0) is 5.41 Å². The van der Waals surface area contributed by atoms with E-state index in [2.05, 4.69) is 4.98 Å². The molecule has 3 nitrogen and oxygen atoms in total. The first-order valence-electron chi connectivity index (χ1n) is 6.36. The van der Waals surface area contributed by atoms with Gasteiger partial charge in [0.1, 0.15) is 0 Å². The first kappa shape index (κ1) is 12.2. The minimum Gasteiger partial charge on any atom is -0.478 e. The lowest BCUT2D eigenvalue weighted by molar-refractivity contribution is 0.0694. The molecule has 1 aliphatic rings. The van der Waals surface area contributed by atoms with Crippen LogP contribution < -0.4 is 0 Å². The van der Waals surface area contributed by atoms with Crippen molar-refractivity contribution < 1.29 is 9.90 Å². The van der Waals surface area contributed by atoms with Gasteiger partial charge in [0.25, 0.3) is 0 Å². The number of carboxylic acid groups (broad SMARTS) is 1. The van der Waals surface area contributed by atoms with E-state index in [4.69, 9.17) is 0 Å². The lowest BCUT2D eigenvalue weighted by Gasteiger charge is -2.18. The van der Waals surface area contributed by atoms with Gasteiger partial charge >= 0.3 is 5.97 Å². The van der Waals surface area contributed by atoms with Crippen LogP contribution in [0.3, 0.4) is 0 Å². The van der Waals surface area contributed by atoms with Gasteiger partial charge in [-0.2, -0.15) is 0 Å². The Bertz CT molecular complexity index is 420. The number of nitrogens with one attached hydrogen (secondary N) is 1. The van der Waals surface area contributed by atoms with E-state index in [0.717, 1.165) is 11.4 Å². The fourth-order valence-corrected chi connectivity index (χ4v) is 2.69. The van der Waals surface area contributed by atoms with Gasteiger partial charge in [0.05, 0.1) is 5.56 Å². The van der Waals surface area contributed by atoms with Gasteiger partial charge in [-0.05, 0) is 24.8 Å². The average molecular weight is 235 g/mol. The summed E-state index contributed by atoms with van der Waals surface area (Å²) in [6.45, 7) is 6.14. The van der Waals surface area contributed by atoms with Gasteiger partial charge in [0.2, 0.25) is 0 Å². The van der Waals surface area contributed by atoms with E-state index in [0.29, 0.717) is 11.5 Å². The van der Waals surface area contributed by atoms with Gasteiger partial charge in [-0.3, -0.25) is 0 Å². The molecule has 0 aromatic carbocycles. The number of H-pyrrole nitrogens is 1. The summed E-state index contributed by atoms with van der Waals surface area (Å²) < 4.78 is 0. The highest BCUT2D eigenvalue weighted by atomic mass is 16.4. The molecule has 1 fully saturated rings. The third-order valence-corrected chi connectivity index (χ3v) is 3.61. The molecule has 0 saturated heterocycles. The van der Waals surface area contributed by atoms with Gasteiger partial charge < -0.3 is 10.1 Å². The number of aromatic carboxylic acids is 1. The molecule has 0 atom stereocenters. The second kappa shape index (κ2) is 4.21. The predicted octanol–water partition coefficient (Wildman–Crippen LogP) is 3.67. The Balaban J connectivity index is 2.40. The van der Waals surface area contributed by atoms with Crippen molar-refractivity contribution in [3.63, 3.8) is 0 Å². The van der Waals surface area contributed by atoms with E-state index < -0.39 is 5.97 Å². The van der Waals surface area contributed by atoms with Crippen LogP contribution in [-0.4, -0.2) is 16.1 Å². The largest absolute Gasteiger partial charge is 0.478 e. The molecule has 17 heavy (non-hydrogen) atoms. The first-order valence-corrected chi connectivity index (χ1v) is 6.36. The third-order valence-electron chi connectivity index (χ3n) is 3.61. The SMILES string of the molecule is CC(C)(C)c1[nH]c(C2CCCC2)cc1C(=O)O. The van der Waals surface area contributed by atoms with Gasteiger partial charge in [-0.15, -0.1) is 0 Å². The van der Waals surface area contributed by atoms with Crippen LogP contribution in [0.15, 0.2) is 6.07 Å². The number of hydrogen-bond acceptors (Lipinski definition) is 1. The minimum absolute atomic E-state index is 0.148. The molecule has 3 heteroatoms. The lowest BCUT2D eigenvalue weighted by Crippen LogP contribution is -2.16. The fourth-order valence-electron chi connectivity index (χ4n) is 2.69. The maximum atomic E-state index is 11.3. The van der Waals surface area contributed by atoms with Crippen LogP contribution in [0.1, 0.15) is 74.1 Å². The summed E-state index contributed by atoms with van der Waals surface area (Å²) in [4.78, 5) is 14.6. The fraction of sp³-hybridized carbons (Fsp3) is 0.643. The lowest BCUT2D eigenvalue weighted by atomic mass is 9.89. The standard InChI is InChI=1S/C14H21NO2/c1-14(2,3)12-10(13(16)17)8-11(15-12)9-6-4-5-7-9/h8-9,15H,4-7H2,1-3H3,(H,16,17). The zero-order valence-electron chi connectivity index (χ0n) is 10.8. The summed E-state index contributed by atoms with van der Waals surface area (Å²) in [6, 6.07) is 1.85. The number of carboxylic acids is 1. The second-order valence-electron chi connectivity index (χ2n) is 6.05. The molecule has 1 saturated carbocycles. The van der Waals surface area contributed by atoms with Gasteiger partial charge in [-0.1, -0.05) is 33.6 Å². The normalized spacial score (nSPS) is 17.6. The van der Waals surface area contributed by atoms with E-state index in [1.54, 1.807) is 0 Å². The number of carbonyl (C=O) groups is 1. The summed E-state index contributed by atoms with van der Waals surface area (Å²) >= 11 is 0. The van der Waals surface area contributed by atoms with E-state index in [-0.39, 0.29) is 5.41 Å². The third kappa shape index (κ3) is 2.38. The van der Waals surface area contributed by atoms with Crippen LogP contribution in [0.4, 0.5) is 0 Å². The summed E-state index contributed by atoms with van der Waals surface area (Å²) in [5.41, 5.74) is 2.26. The van der Waals surface area contributed by atoms with E-state index in [1.165, 1.54) is 25.7 Å². The van der Waals surface area contributed by atoms with Crippen molar-refractivity contribution in [2.24, 2.45) is 0 Å². The molecule has 0 aliphatic heterocycles. The number of aromatic amines is 1. The minimum atomic E-state index is -0.824. The molecule has 0 spiro atoms. The Morgan fingerprint density at radius 2 is 1.94 bits per heavy atom. The van der Waals surface area contributed by atoms with Crippen LogP contribution in [0.25, 0.3) is 0 Å². The highest BCUT2D eigenvalue weighted by molar-refractivity contribution is 5.89. The molecule has 1 aromatic rings. The Labute approximate surface area is 102 Å². The van der Waals surface area contributed by atoms with Crippen LogP contribution >= 0.6 is 0 Å². The topological polar surface area (TPSA) is 53.1 Å². The summed E-state index contributed by atoms with van der Waals surface area (Å²) in [5, 5.41) is 9.27. The molecule has 1 aromatic heterocycles. The predicted molar refractivity (Wildman–Crippen MR) is 67.7 cm³/mol. The maximum Gasteiger partial charge on any atom is 0.337 e. The Kier molecular flexibility index (Phi) is 3.02. The number of rotatable bonds is 2. The van der Waals surface area contributed by atoms with E-state index in [1.807, 2.05) is 26.8 Å². The zero-order valence-corrected chi connectivity index (χ0v) is 10.8. The molecular formula is C14H21NO2. The molecule has 0 unspecified atom stereocenters. The van der Waals surface area contributed by atoms with Crippen molar-refractivity contribution in [1.82, 2.24) is 4.98 Å². The van der Waals surface area contributed by atoms with Crippen molar-refractivity contribution in [1.29, 1.82) is 0 Å². The number of aromatic nitrogens is 1. The van der Waals surface area contributed by atoms with Crippen LogP contribution in [0, 0.1) is 0 Å². The van der Waals surface area contributed by atoms with Crippen molar-refractivity contribution >= 4 is 5.97 Å². The van der Waals surface area contributed by atoms with Gasteiger partial charge in [-0.25, -0.2) is 4.79 Å². The Hall–Kier alpha value is -1.25. The highest BCUT2D eigenvalue weighted by Gasteiger charge is 2.27. The Morgan fingerprint density at radius 3 is 2.35 bits per heavy atom. The second-order valence-corrected chi connectivity index (χ2v) is 6.05. The molecule has 2 rings (SSSR count). The van der Waals surface area contributed by atoms with E-state index in [9.17, 15) is 9.90 Å². The molecule has 1 heterocycles. The van der Waals surface area contributed by atoms with E-state index >= 15 is 0 Å². The zero-order chi connectivity index (χ0) is 12.6. The molecular weight excluding hydrogens is 214 g/mol. The Morgan fingerprint density at radius 1 is 1.35 bits per heavy atom. The first-order chi connectivity index (χ1) is 7.89. The van der Waals surface area contributed by atoms with Crippen molar-refractivity contribution in [3.05, 3.63) is 23.0 Å². The molecule has 0 bridgehead atoms. The summed E-state index contributed by atoms with van der Waals surface area (Å²) in [5.74, 6) is -0.292. The molecule has 94 valence electrons. The molecule has 0 amide bonds. The van der Waals surface area contributed by atoms with Crippen molar-refractivity contribution in [3.8, 4) is 0 Å². The van der Waals surface area contributed by atoms with Crippen molar-refractivity contribution in [2.45, 2.75) is 57.8 Å².